The normalized spacial score (nSPS) is 14.1. The lowest BCUT2D eigenvalue weighted by molar-refractivity contribution is -0.116. The highest BCUT2D eigenvalue weighted by molar-refractivity contribution is 7.92. The molecule has 1 heterocycles. The number of thiophene rings is 1. The number of nitrogens with one attached hydrogen (secondary N) is 1. The number of carbonyl (C=O) groups excluding carboxylic acids is 2. The van der Waals surface area contributed by atoms with Gasteiger partial charge in [-0.3, -0.25) is 9.10 Å². The van der Waals surface area contributed by atoms with Gasteiger partial charge in [0, 0.05) is 4.88 Å². The Hall–Kier alpha value is -2.39. The summed E-state index contributed by atoms with van der Waals surface area (Å²) in [4.78, 5) is 26.8. The summed E-state index contributed by atoms with van der Waals surface area (Å²) in [6.07, 6.45) is 3.67. The number of fused-ring (bicyclic) bond motifs is 1. The van der Waals surface area contributed by atoms with Crippen LogP contribution in [-0.4, -0.2) is 39.2 Å². The van der Waals surface area contributed by atoms with E-state index in [0.717, 1.165) is 51.4 Å². The molecule has 1 N–H and O–H groups in total. The molecule has 0 aliphatic heterocycles. The Bertz CT molecular complexity index is 1100. The van der Waals surface area contributed by atoms with Gasteiger partial charge in [-0.2, -0.15) is 0 Å². The first-order chi connectivity index (χ1) is 14.5. The Kier molecular flexibility index (Phi) is 6.76. The molecule has 1 aliphatic rings. The Morgan fingerprint density at radius 3 is 2.42 bits per heavy atom. The van der Waals surface area contributed by atoms with Crippen molar-refractivity contribution >= 4 is 43.9 Å². The van der Waals surface area contributed by atoms with Crippen molar-refractivity contribution in [2.24, 2.45) is 0 Å². The number of carbonyl (C=O) groups is 2. The minimum atomic E-state index is -3.74. The van der Waals surface area contributed by atoms with E-state index in [1.165, 1.54) is 11.3 Å². The minimum Gasteiger partial charge on any atom is -0.462 e. The molecular formula is C22H28N2O5S2. The summed E-state index contributed by atoms with van der Waals surface area (Å²) in [6, 6.07) is 4.40. The molecule has 1 aromatic carbocycles. The van der Waals surface area contributed by atoms with Crippen LogP contribution in [0.15, 0.2) is 18.2 Å². The third-order valence-electron chi connectivity index (χ3n) is 5.19. The van der Waals surface area contributed by atoms with Gasteiger partial charge in [-0.25, -0.2) is 13.2 Å². The van der Waals surface area contributed by atoms with E-state index < -0.39 is 27.9 Å². The number of benzene rings is 1. The van der Waals surface area contributed by atoms with Crippen LogP contribution in [0.2, 0.25) is 0 Å². The van der Waals surface area contributed by atoms with Crippen molar-refractivity contribution in [2.75, 3.05) is 22.5 Å². The number of ether oxygens (including phenoxy) is 1. The van der Waals surface area contributed by atoms with E-state index >= 15 is 0 Å². The zero-order valence-corrected chi connectivity index (χ0v) is 20.1. The molecule has 0 saturated heterocycles. The molecule has 168 valence electrons. The van der Waals surface area contributed by atoms with Crippen molar-refractivity contribution < 1.29 is 22.7 Å². The molecule has 0 fully saturated rings. The predicted octanol–water partition coefficient (Wildman–Crippen LogP) is 3.82. The van der Waals surface area contributed by atoms with Gasteiger partial charge in [0.25, 0.3) is 0 Å². The quantitative estimate of drug-likeness (QED) is 0.629. The van der Waals surface area contributed by atoms with Gasteiger partial charge in [0.05, 0.1) is 24.1 Å². The molecule has 0 spiro atoms. The number of hydrogen-bond donors (Lipinski definition) is 1. The first-order valence-electron chi connectivity index (χ1n) is 10.2. The number of sulfonamides is 1. The monoisotopic (exact) mass is 464 g/mol. The highest BCUT2D eigenvalue weighted by atomic mass is 32.2. The Balaban J connectivity index is 1.94. The largest absolute Gasteiger partial charge is 0.462 e. The molecule has 0 unspecified atom stereocenters. The van der Waals surface area contributed by atoms with E-state index in [1.807, 2.05) is 19.9 Å². The lowest BCUT2D eigenvalue weighted by Gasteiger charge is -2.28. The molecule has 0 radical (unpaired) electrons. The van der Waals surface area contributed by atoms with Crippen molar-refractivity contribution in [3.05, 3.63) is 45.3 Å². The van der Waals surface area contributed by atoms with Crippen LogP contribution in [0.4, 0.5) is 10.7 Å². The fraction of sp³-hybridized carbons (Fsp3) is 0.455. The van der Waals surface area contributed by atoms with E-state index in [1.54, 1.807) is 26.0 Å². The lowest BCUT2D eigenvalue weighted by Crippen LogP contribution is -2.45. The maximum absolute atomic E-state index is 13.1. The lowest BCUT2D eigenvalue weighted by atomic mass is 10.1. The van der Waals surface area contributed by atoms with Gasteiger partial charge in [-0.1, -0.05) is 6.07 Å². The number of amides is 1. The smallest absolute Gasteiger partial charge is 0.341 e. The fourth-order valence-electron chi connectivity index (χ4n) is 4.01. The van der Waals surface area contributed by atoms with Crippen LogP contribution < -0.4 is 9.62 Å². The summed E-state index contributed by atoms with van der Waals surface area (Å²) in [5.41, 5.74) is 3.56. The molecule has 1 aromatic heterocycles. The first-order valence-corrected chi connectivity index (χ1v) is 12.9. The molecule has 9 heteroatoms. The van der Waals surface area contributed by atoms with Gasteiger partial charge in [0.2, 0.25) is 15.9 Å². The van der Waals surface area contributed by atoms with Crippen LogP contribution in [-0.2, 0) is 32.4 Å². The molecule has 2 aromatic rings. The second-order valence-corrected chi connectivity index (χ2v) is 10.8. The molecule has 1 aliphatic carbocycles. The Morgan fingerprint density at radius 2 is 1.84 bits per heavy atom. The average molecular weight is 465 g/mol. The number of aryl methyl sites for hydroxylation is 3. The van der Waals surface area contributed by atoms with E-state index in [0.29, 0.717) is 16.3 Å². The molecule has 1 atom stereocenters. The van der Waals surface area contributed by atoms with E-state index in [2.05, 4.69) is 5.32 Å². The topological polar surface area (TPSA) is 92.8 Å². The number of esters is 1. The standard InChI is InChI=1S/C22H28N2O5S2/c1-6-29-22(26)19-17-8-7-9-18(17)30-21(19)23-20(25)15(4)24(31(5,27)28)16-11-13(2)10-14(3)12-16/h10-12,15H,6-9H2,1-5H3,(H,23,25)/t15-/m1/s1. The average Bonchev–Trinajstić information content (AvgIpc) is 3.20. The van der Waals surface area contributed by atoms with Crippen LogP contribution in [0.1, 0.15) is 52.2 Å². The van der Waals surface area contributed by atoms with Crippen molar-refractivity contribution in [3.63, 3.8) is 0 Å². The highest BCUT2D eigenvalue weighted by Crippen LogP contribution is 2.39. The molecule has 31 heavy (non-hydrogen) atoms. The van der Waals surface area contributed by atoms with E-state index in [4.69, 9.17) is 4.74 Å². The van der Waals surface area contributed by atoms with Crippen molar-refractivity contribution in [1.29, 1.82) is 0 Å². The maximum atomic E-state index is 13.1. The van der Waals surface area contributed by atoms with E-state index in [9.17, 15) is 18.0 Å². The van der Waals surface area contributed by atoms with Gasteiger partial charge in [0.15, 0.2) is 0 Å². The second-order valence-electron chi connectivity index (χ2n) is 7.85. The zero-order chi connectivity index (χ0) is 22.9. The molecule has 3 rings (SSSR count). The van der Waals surface area contributed by atoms with Crippen LogP contribution in [0.5, 0.6) is 0 Å². The van der Waals surface area contributed by atoms with E-state index in [-0.39, 0.29) is 6.61 Å². The third-order valence-corrected chi connectivity index (χ3v) is 7.64. The number of anilines is 2. The third kappa shape index (κ3) is 4.93. The zero-order valence-electron chi connectivity index (χ0n) is 18.4. The summed E-state index contributed by atoms with van der Waals surface area (Å²) in [6.45, 7) is 7.26. The van der Waals surface area contributed by atoms with Crippen LogP contribution in [0.3, 0.4) is 0 Å². The maximum Gasteiger partial charge on any atom is 0.341 e. The summed E-state index contributed by atoms with van der Waals surface area (Å²) in [5.74, 6) is -0.964. The summed E-state index contributed by atoms with van der Waals surface area (Å²) >= 11 is 1.37. The van der Waals surface area contributed by atoms with Gasteiger partial charge in [-0.15, -0.1) is 11.3 Å². The predicted molar refractivity (Wildman–Crippen MR) is 124 cm³/mol. The number of nitrogens with zero attached hydrogens (tertiary/aromatic N) is 1. The molecule has 7 nitrogen and oxygen atoms in total. The van der Waals surface area contributed by atoms with Gasteiger partial charge in [-0.05, 0) is 75.8 Å². The molecular weight excluding hydrogens is 436 g/mol. The molecule has 1 amide bonds. The van der Waals surface area contributed by atoms with Crippen LogP contribution in [0, 0.1) is 13.8 Å². The Morgan fingerprint density at radius 1 is 1.19 bits per heavy atom. The van der Waals surface area contributed by atoms with Crippen molar-refractivity contribution in [1.82, 2.24) is 0 Å². The second kappa shape index (κ2) is 9.00. The van der Waals surface area contributed by atoms with Gasteiger partial charge >= 0.3 is 5.97 Å². The summed E-state index contributed by atoms with van der Waals surface area (Å²) < 4.78 is 31.5. The fourth-order valence-corrected chi connectivity index (χ4v) is 6.45. The molecule has 0 saturated carbocycles. The van der Waals surface area contributed by atoms with Gasteiger partial charge in [0.1, 0.15) is 11.0 Å². The number of rotatable bonds is 7. The summed E-state index contributed by atoms with van der Waals surface area (Å²) in [7, 11) is -3.74. The van der Waals surface area contributed by atoms with Crippen LogP contribution in [0.25, 0.3) is 0 Å². The van der Waals surface area contributed by atoms with Crippen LogP contribution >= 0.6 is 11.3 Å². The highest BCUT2D eigenvalue weighted by Gasteiger charge is 2.33. The molecule has 0 bridgehead atoms. The van der Waals surface area contributed by atoms with Crippen molar-refractivity contribution in [3.8, 4) is 0 Å². The number of hydrogen-bond acceptors (Lipinski definition) is 6. The minimum absolute atomic E-state index is 0.238. The SMILES string of the molecule is CCOC(=O)c1c(NC(=O)[C@@H](C)N(c2cc(C)cc(C)c2)S(C)(=O)=O)sc2c1CCC2. The Labute approximate surface area is 187 Å². The summed E-state index contributed by atoms with van der Waals surface area (Å²) in [5, 5.41) is 3.23. The first kappa shape index (κ1) is 23.3. The van der Waals surface area contributed by atoms with Gasteiger partial charge < -0.3 is 10.1 Å². The van der Waals surface area contributed by atoms with Crippen molar-refractivity contribution in [2.45, 2.75) is 53.0 Å².